The van der Waals surface area contributed by atoms with E-state index in [0.29, 0.717) is 17.4 Å². The molecule has 1 N–H and O–H groups in total. The molecule has 3 heterocycles. The molecule has 22 heavy (non-hydrogen) atoms. The maximum Gasteiger partial charge on any atom is 0.239 e. The van der Waals surface area contributed by atoms with Gasteiger partial charge in [0.1, 0.15) is 17.3 Å². The van der Waals surface area contributed by atoms with Crippen molar-refractivity contribution >= 4 is 23.3 Å². The van der Waals surface area contributed by atoms with E-state index in [1.54, 1.807) is 12.1 Å². The number of likely N-dealkylation sites (tertiary alicyclic amines) is 1. The SMILES string of the molecule is Cc1cc(C2CCCN2CC(=O)Nc2ccc(Cl)cn2)no1. The second kappa shape index (κ2) is 6.46. The van der Waals surface area contributed by atoms with E-state index >= 15 is 0 Å². The number of carbonyl (C=O) groups excluding carboxylic acids is 1. The molecule has 2 aromatic rings. The highest BCUT2D eigenvalue weighted by molar-refractivity contribution is 6.30. The summed E-state index contributed by atoms with van der Waals surface area (Å²) < 4.78 is 5.14. The quantitative estimate of drug-likeness (QED) is 0.938. The number of nitrogens with zero attached hydrogens (tertiary/aromatic N) is 3. The summed E-state index contributed by atoms with van der Waals surface area (Å²) in [7, 11) is 0. The Labute approximate surface area is 133 Å². The Bertz CT molecular complexity index is 656. The largest absolute Gasteiger partial charge is 0.361 e. The molecule has 1 atom stereocenters. The molecular formula is C15H17ClN4O2. The Morgan fingerprint density at radius 1 is 1.55 bits per heavy atom. The lowest BCUT2D eigenvalue weighted by molar-refractivity contribution is -0.117. The second-order valence-electron chi connectivity index (χ2n) is 5.40. The van der Waals surface area contributed by atoms with Gasteiger partial charge in [-0.15, -0.1) is 0 Å². The molecular weight excluding hydrogens is 304 g/mol. The molecule has 116 valence electrons. The van der Waals surface area contributed by atoms with Crippen LogP contribution in [0.3, 0.4) is 0 Å². The van der Waals surface area contributed by atoms with E-state index in [9.17, 15) is 4.79 Å². The van der Waals surface area contributed by atoms with Gasteiger partial charge < -0.3 is 9.84 Å². The van der Waals surface area contributed by atoms with Crippen molar-refractivity contribution in [3.63, 3.8) is 0 Å². The number of halogens is 1. The van der Waals surface area contributed by atoms with Crippen molar-refractivity contribution in [2.75, 3.05) is 18.4 Å². The van der Waals surface area contributed by atoms with Crippen LogP contribution in [0.15, 0.2) is 28.9 Å². The summed E-state index contributed by atoms with van der Waals surface area (Å²) in [5.74, 6) is 1.20. The molecule has 1 unspecified atom stereocenters. The van der Waals surface area contributed by atoms with Crippen LogP contribution in [0.1, 0.15) is 30.3 Å². The van der Waals surface area contributed by atoms with Gasteiger partial charge in [-0.1, -0.05) is 16.8 Å². The molecule has 1 fully saturated rings. The predicted molar refractivity (Wildman–Crippen MR) is 82.7 cm³/mol. The topological polar surface area (TPSA) is 71.3 Å². The molecule has 0 aromatic carbocycles. The summed E-state index contributed by atoms with van der Waals surface area (Å²) in [6.07, 6.45) is 3.54. The van der Waals surface area contributed by atoms with Crippen molar-refractivity contribution in [3.05, 3.63) is 40.9 Å². The molecule has 0 bridgehead atoms. The Kier molecular flexibility index (Phi) is 4.40. The minimum Gasteiger partial charge on any atom is -0.361 e. The fraction of sp³-hybridized carbons (Fsp3) is 0.400. The van der Waals surface area contributed by atoms with Crippen molar-refractivity contribution in [1.29, 1.82) is 0 Å². The van der Waals surface area contributed by atoms with E-state index in [4.69, 9.17) is 16.1 Å². The van der Waals surface area contributed by atoms with E-state index in [-0.39, 0.29) is 11.9 Å². The number of aromatic nitrogens is 2. The van der Waals surface area contributed by atoms with Crippen LogP contribution in [-0.4, -0.2) is 34.0 Å². The third-order valence-electron chi connectivity index (χ3n) is 3.69. The van der Waals surface area contributed by atoms with Crippen molar-refractivity contribution < 1.29 is 9.32 Å². The van der Waals surface area contributed by atoms with Crippen LogP contribution < -0.4 is 5.32 Å². The van der Waals surface area contributed by atoms with Gasteiger partial charge in [-0.3, -0.25) is 9.69 Å². The van der Waals surface area contributed by atoms with E-state index < -0.39 is 0 Å². The maximum absolute atomic E-state index is 12.2. The number of nitrogens with one attached hydrogen (secondary N) is 1. The molecule has 1 saturated heterocycles. The summed E-state index contributed by atoms with van der Waals surface area (Å²) in [6, 6.07) is 5.45. The number of anilines is 1. The number of rotatable bonds is 4. The second-order valence-corrected chi connectivity index (χ2v) is 5.84. The minimum atomic E-state index is -0.0954. The number of amides is 1. The van der Waals surface area contributed by atoms with Gasteiger partial charge in [-0.25, -0.2) is 4.98 Å². The van der Waals surface area contributed by atoms with Gasteiger partial charge in [0, 0.05) is 12.3 Å². The van der Waals surface area contributed by atoms with Gasteiger partial charge in [0.25, 0.3) is 0 Å². The average Bonchev–Trinajstić information content (AvgIpc) is 3.10. The Hall–Kier alpha value is -1.92. The average molecular weight is 321 g/mol. The lowest BCUT2D eigenvalue weighted by atomic mass is 10.1. The van der Waals surface area contributed by atoms with E-state index in [1.165, 1.54) is 6.20 Å². The first-order chi connectivity index (χ1) is 10.6. The number of carbonyl (C=O) groups is 1. The molecule has 7 heteroatoms. The maximum atomic E-state index is 12.2. The smallest absolute Gasteiger partial charge is 0.239 e. The summed E-state index contributed by atoms with van der Waals surface area (Å²) in [5.41, 5.74) is 0.896. The van der Waals surface area contributed by atoms with Gasteiger partial charge >= 0.3 is 0 Å². The van der Waals surface area contributed by atoms with Gasteiger partial charge in [0.15, 0.2) is 0 Å². The summed E-state index contributed by atoms with van der Waals surface area (Å²) >= 11 is 5.78. The van der Waals surface area contributed by atoms with Gasteiger partial charge in [-0.2, -0.15) is 0 Å². The first-order valence-electron chi connectivity index (χ1n) is 7.20. The summed E-state index contributed by atoms with van der Waals surface area (Å²) in [6.45, 7) is 3.05. The van der Waals surface area contributed by atoms with Crippen LogP contribution in [0.2, 0.25) is 5.02 Å². The fourth-order valence-corrected chi connectivity index (χ4v) is 2.82. The molecule has 0 radical (unpaired) electrons. The molecule has 0 spiro atoms. The highest BCUT2D eigenvalue weighted by atomic mass is 35.5. The van der Waals surface area contributed by atoms with Crippen molar-refractivity contribution in [2.45, 2.75) is 25.8 Å². The van der Waals surface area contributed by atoms with E-state index in [2.05, 4.69) is 20.4 Å². The molecule has 1 amide bonds. The van der Waals surface area contributed by atoms with Crippen LogP contribution >= 0.6 is 11.6 Å². The van der Waals surface area contributed by atoms with Gasteiger partial charge in [0.05, 0.1) is 17.6 Å². The zero-order valence-corrected chi connectivity index (χ0v) is 13.0. The zero-order chi connectivity index (χ0) is 15.5. The molecule has 2 aromatic heterocycles. The monoisotopic (exact) mass is 320 g/mol. The van der Waals surface area contributed by atoms with Crippen LogP contribution in [0.4, 0.5) is 5.82 Å². The van der Waals surface area contributed by atoms with Gasteiger partial charge in [-0.05, 0) is 38.4 Å². The third kappa shape index (κ3) is 3.45. The standard InChI is InChI=1S/C15H17ClN4O2/c1-10-7-12(19-22-10)13-3-2-6-20(13)9-15(21)18-14-5-4-11(16)8-17-14/h4-5,7-8,13H,2-3,6,9H2,1H3,(H,17,18,21). The lowest BCUT2D eigenvalue weighted by Gasteiger charge is -2.21. The number of pyridine rings is 1. The molecule has 6 nitrogen and oxygen atoms in total. The van der Waals surface area contributed by atoms with Crippen LogP contribution in [0.5, 0.6) is 0 Å². The number of aryl methyl sites for hydroxylation is 1. The highest BCUT2D eigenvalue weighted by Crippen LogP contribution is 2.31. The van der Waals surface area contributed by atoms with Crippen molar-refractivity contribution in [1.82, 2.24) is 15.0 Å². The van der Waals surface area contributed by atoms with Crippen LogP contribution in [0.25, 0.3) is 0 Å². The first kappa shape index (κ1) is 15.0. The summed E-state index contributed by atoms with van der Waals surface area (Å²) in [5, 5.41) is 7.39. The van der Waals surface area contributed by atoms with E-state index in [0.717, 1.165) is 30.8 Å². The predicted octanol–water partition coefficient (Wildman–Crippen LogP) is 2.81. The lowest BCUT2D eigenvalue weighted by Crippen LogP contribution is -2.33. The molecule has 0 aliphatic carbocycles. The molecule has 0 saturated carbocycles. The Morgan fingerprint density at radius 2 is 2.41 bits per heavy atom. The van der Waals surface area contributed by atoms with Gasteiger partial charge in [0.2, 0.25) is 5.91 Å². The molecule has 1 aliphatic rings. The minimum absolute atomic E-state index is 0.0954. The van der Waals surface area contributed by atoms with Crippen molar-refractivity contribution in [2.24, 2.45) is 0 Å². The number of hydrogen-bond acceptors (Lipinski definition) is 5. The number of hydrogen-bond donors (Lipinski definition) is 1. The normalized spacial score (nSPS) is 18.5. The zero-order valence-electron chi connectivity index (χ0n) is 12.3. The Morgan fingerprint density at radius 3 is 3.09 bits per heavy atom. The van der Waals surface area contributed by atoms with Crippen LogP contribution in [-0.2, 0) is 4.79 Å². The first-order valence-corrected chi connectivity index (χ1v) is 7.58. The van der Waals surface area contributed by atoms with Crippen LogP contribution in [0, 0.1) is 6.92 Å². The Balaban J connectivity index is 1.61. The molecule has 1 aliphatic heterocycles. The fourth-order valence-electron chi connectivity index (χ4n) is 2.71. The third-order valence-corrected chi connectivity index (χ3v) is 3.92. The van der Waals surface area contributed by atoms with Crippen molar-refractivity contribution in [3.8, 4) is 0 Å². The molecule has 3 rings (SSSR count). The van der Waals surface area contributed by atoms with E-state index in [1.807, 2.05) is 13.0 Å². The highest BCUT2D eigenvalue weighted by Gasteiger charge is 2.29. The summed E-state index contributed by atoms with van der Waals surface area (Å²) in [4.78, 5) is 18.3.